The average molecular weight is 417 g/mol. The van der Waals surface area contributed by atoms with Gasteiger partial charge in [0.2, 0.25) is 5.91 Å². The van der Waals surface area contributed by atoms with Gasteiger partial charge in [0.25, 0.3) is 5.69 Å². The Kier molecular flexibility index (Phi) is 6.40. The first-order chi connectivity index (χ1) is 14.3. The van der Waals surface area contributed by atoms with Crippen molar-refractivity contribution < 1.29 is 23.6 Å². The van der Waals surface area contributed by atoms with Gasteiger partial charge in [-0.25, -0.2) is 9.18 Å². The van der Waals surface area contributed by atoms with Crippen LogP contribution in [-0.4, -0.2) is 47.6 Å². The number of nitrogens with zero attached hydrogens (tertiary/aromatic N) is 3. The van der Waals surface area contributed by atoms with Crippen LogP contribution in [0.5, 0.6) is 0 Å². The molecule has 1 aliphatic rings. The number of cyclic esters (lactones) is 1. The Balaban J connectivity index is 1.55. The summed E-state index contributed by atoms with van der Waals surface area (Å²) < 4.78 is 19.6. The molecule has 2 aromatic rings. The molecule has 0 spiro atoms. The van der Waals surface area contributed by atoms with Gasteiger partial charge in [0.1, 0.15) is 18.1 Å². The highest BCUT2D eigenvalue weighted by atomic mass is 19.1. The maximum absolute atomic E-state index is 14.5. The van der Waals surface area contributed by atoms with Crippen molar-refractivity contribution in [3.63, 3.8) is 0 Å². The second-order valence-corrected chi connectivity index (χ2v) is 6.66. The molecule has 3 rings (SSSR count). The molecular formula is C19H20FN5O5. The summed E-state index contributed by atoms with van der Waals surface area (Å²) in [5, 5.41) is 16.2. The standard InChI is InChI=1S/C19H20FN5O5/c1-12(26)22-10-16-11-24(19(27)30-16)14-4-5-18(17(20)8-14)21-7-6-13-2-3-15(9-23-13)25(28)29/h2-5,8-9,16,21H,6-7,10-11H2,1H3,(H,22,26). The molecule has 2 heterocycles. The second kappa shape index (κ2) is 9.16. The number of nitrogens with one attached hydrogen (secondary N) is 2. The molecule has 1 atom stereocenters. The maximum atomic E-state index is 14.5. The zero-order chi connectivity index (χ0) is 21.7. The predicted octanol–water partition coefficient (Wildman–Crippen LogP) is 2.24. The Morgan fingerprint density at radius 3 is 2.83 bits per heavy atom. The van der Waals surface area contributed by atoms with Crippen molar-refractivity contribution in [2.24, 2.45) is 0 Å². The molecule has 2 amide bonds. The molecule has 1 aliphatic heterocycles. The summed E-state index contributed by atoms with van der Waals surface area (Å²) in [4.78, 5) is 38.4. The normalized spacial score (nSPS) is 15.6. The highest BCUT2D eigenvalue weighted by molar-refractivity contribution is 5.90. The molecule has 30 heavy (non-hydrogen) atoms. The average Bonchev–Trinajstić information content (AvgIpc) is 3.08. The molecule has 1 unspecified atom stereocenters. The van der Waals surface area contributed by atoms with E-state index in [0.29, 0.717) is 24.3 Å². The van der Waals surface area contributed by atoms with Gasteiger partial charge in [0.05, 0.1) is 29.4 Å². The lowest BCUT2D eigenvalue weighted by molar-refractivity contribution is -0.385. The summed E-state index contributed by atoms with van der Waals surface area (Å²) in [6, 6.07) is 7.26. The zero-order valence-electron chi connectivity index (χ0n) is 16.1. The summed E-state index contributed by atoms with van der Waals surface area (Å²) in [7, 11) is 0. The van der Waals surface area contributed by atoms with E-state index in [9.17, 15) is 24.1 Å². The first-order valence-corrected chi connectivity index (χ1v) is 9.19. The number of amides is 2. The van der Waals surface area contributed by atoms with Crippen LogP contribution in [0, 0.1) is 15.9 Å². The van der Waals surface area contributed by atoms with Crippen LogP contribution in [-0.2, 0) is 16.0 Å². The van der Waals surface area contributed by atoms with Crippen molar-refractivity contribution in [2.45, 2.75) is 19.4 Å². The summed E-state index contributed by atoms with van der Waals surface area (Å²) >= 11 is 0. The van der Waals surface area contributed by atoms with Crippen LogP contribution in [0.3, 0.4) is 0 Å². The van der Waals surface area contributed by atoms with E-state index in [0.717, 1.165) is 0 Å². The number of carbonyl (C=O) groups excluding carboxylic acids is 2. The molecular weight excluding hydrogens is 397 g/mol. The Morgan fingerprint density at radius 1 is 1.40 bits per heavy atom. The summed E-state index contributed by atoms with van der Waals surface area (Å²) in [6.07, 6.45) is 0.521. The van der Waals surface area contributed by atoms with Crippen LogP contribution in [0.4, 0.5) is 26.2 Å². The molecule has 10 nitrogen and oxygen atoms in total. The number of rotatable bonds is 8. The molecule has 0 bridgehead atoms. The first-order valence-electron chi connectivity index (χ1n) is 9.19. The largest absolute Gasteiger partial charge is 0.442 e. The van der Waals surface area contributed by atoms with Crippen molar-refractivity contribution >= 4 is 29.1 Å². The minimum absolute atomic E-state index is 0.0897. The van der Waals surface area contributed by atoms with E-state index in [2.05, 4.69) is 15.6 Å². The zero-order valence-corrected chi connectivity index (χ0v) is 16.1. The fraction of sp³-hybridized carbons (Fsp3) is 0.316. The number of halogens is 1. The van der Waals surface area contributed by atoms with Gasteiger partial charge in [-0.2, -0.15) is 0 Å². The van der Waals surface area contributed by atoms with Crippen molar-refractivity contribution in [3.05, 3.63) is 58.2 Å². The van der Waals surface area contributed by atoms with Gasteiger partial charge in [-0.3, -0.25) is 24.8 Å². The number of carbonyl (C=O) groups is 2. The van der Waals surface area contributed by atoms with Crippen molar-refractivity contribution in [1.82, 2.24) is 10.3 Å². The Hall–Kier alpha value is -3.76. The van der Waals surface area contributed by atoms with Gasteiger partial charge < -0.3 is 15.4 Å². The van der Waals surface area contributed by atoms with Gasteiger partial charge in [0, 0.05) is 31.6 Å². The molecule has 1 aromatic heterocycles. The molecule has 1 aromatic carbocycles. The van der Waals surface area contributed by atoms with E-state index < -0.39 is 22.9 Å². The van der Waals surface area contributed by atoms with Gasteiger partial charge in [-0.05, 0) is 24.3 Å². The van der Waals surface area contributed by atoms with Gasteiger partial charge in [-0.1, -0.05) is 0 Å². The van der Waals surface area contributed by atoms with Crippen LogP contribution >= 0.6 is 0 Å². The minimum Gasteiger partial charge on any atom is -0.442 e. The van der Waals surface area contributed by atoms with Crippen molar-refractivity contribution in [2.75, 3.05) is 29.9 Å². The SMILES string of the molecule is CC(=O)NCC1CN(c2ccc(NCCc3ccc([N+](=O)[O-])cn3)c(F)c2)C(=O)O1. The molecule has 0 radical (unpaired) electrons. The number of benzene rings is 1. The number of aromatic nitrogens is 1. The second-order valence-electron chi connectivity index (χ2n) is 6.66. The van der Waals surface area contributed by atoms with E-state index in [4.69, 9.17) is 4.74 Å². The van der Waals surface area contributed by atoms with Gasteiger partial charge >= 0.3 is 6.09 Å². The van der Waals surface area contributed by atoms with Crippen LogP contribution in [0.15, 0.2) is 36.5 Å². The predicted molar refractivity (Wildman–Crippen MR) is 106 cm³/mol. The molecule has 2 N–H and O–H groups in total. The van der Waals surface area contributed by atoms with E-state index in [1.807, 2.05) is 0 Å². The molecule has 158 valence electrons. The molecule has 11 heteroatoms. The fourth-order valence-electron chi connectivity index (χ4n) is 2.91. The monoisotopic (exact) mass is 417 g/mol. The third-order valence-corrected chi connectivity index (χ3v) is 4.43. The molecule has 0 aliphatic carbocycles. The van der Waals surface area contributed by atoms with Gasteiger partial charge in [-0.15, -0.1) is 0 Å². The van der Waals surface area contributed by atoms with Crippen molar-refractivity contribution in [3.8, 4) is 0 Å². The topological polar surface area (TPSA) is 127 Å². The smallest absolute Gasteiger partial charge is 0.414 e. The number of hydrogen-bond donors (Lipinski definition) is 2. The number of ether oxygens (including phenoxy) is 1. The van der Waals surface area contributed by atoms with Crippen LogP contribution < -0.4 is 15.5 Å². The van der Waals surface area contributed by atoms with E-state index in [-0.39, 0.29) is 30.4 Å². The van der Waals surface area contributed by atoms with E-state index in [1.165, 1.54) is 36.2 Å². The van der Waals surface area contributed by atoms with Crippen LogP contribution in [0.1, 0.15) is 12.6 Å². The lowest BCUT2D eigenvalue weighted by atomic mass is 10.2. The number of pyridine rings is 1. The molecule has 1 saturated heterocycles. The van der Waals surface area contributed by atoms with Crippen molar-refractivity contribution in [1.29, 1.82) is 0 Å². The Bertz CT molecular complexity index is 953. The summed E-state index contributed by atoms with van der Waals surface area (Å²) in [5.74, 6) is -0.767. The maximum Gasteiger partial charge on any atom is 0.414 e. The Morgan fingerprint density at radius 2 is 2.20 bits per heavy atom. The van der Waals surface area contributed by atoms with Crippen LogP contribution in [0.2, 0.25) is 0 Å². The minimum atomic E-state index is -0.602. The van der Waals surface area contributed by atoms with E-state index in [1.54, 1.807) is 12.1 Å². The number of anilines is 2. The van der Waals surface area contributed by atoms with Gasteiger partial charge in [0.15, 0.2) is 0 Å². The number of nitro groups is 1. The highest BCUT2D eigenvalue weighted by Crippen LogP contribution is 2.26. The lowest BCUT2D eigenvalue weighted by Crippen LogP contribution is -2.33. The Labute approximate surface area is 171 Å². The third-order valence-electron chi connectivity index (χ3n) is 4.43. The quantitative estimate of drug-likeness (QED) is 0.498. The summed E-state index contributed by atoms with van der Waals surface area (Å²) in [5.41, 5.74) is 1.15. The first kappa shape index (κ1) is 21.0. The highest BCUT2D eigenvalue weighted by Gasteiger charge is 2.32. The fourth-order valence-corrected chi connectivity index (χ4v) is 2.91. The molecule has 0 saturated carbocycles. The molecule has 1 fully saturated rings. The number of hydrogen-bond acceptors (Lipinski definition) is 7. The van der Waals surface area contributed by atoms with E-state index >= 15 is 0 Å². The van der Waals surface area contributed by atoms with Crippen LogP contribution in [0.25, 0.3) is 0 Å². The summed E-state index contributed by atoms with van der Waals surface area (Å²) in [6.45, 7) is 2.13. The lowest BCUT2D eigenvalue weighted by Gasteiger charge is -2.15. The third kappa shape index (κ3) is 5.19.